The summed E-state index contributed by atoms with van der Waals surface area (Å²) in [7, 11) is 0. The lowest BCUT2D eigenvalue weighted by atomic mass is 9.90. The van der Waals surface area contributed by atoms with E-state index in [2.05, 4.69) is 32.6 Å². The van der Waals surface area contributed by atoms with Gasteiger partial charge in [-0.25, -0.2) is 0 Å². The van der Waals surface area contributed by atoms with Crippen molar-refractivity contribution in [2.24, 2.45) is 0 Å². The summed E-state index contributed by atoms with van der Waals surface area (Å²) in [5, 5.41) is 0.272. The van der Waals surface area contributed by atoms with E-state index in [1.807, 2.05) is 11.8 Å². The van der Waals surface area contributed by atoms with Crippen LogP contribution in [0.5, 0.6) is 0 Å². The first kappa shape index (κ1) is 14.3. The summed E-state index contributed by atoms with van der Waals surface area (Å²) >= 11 is 3.20. The quantitative estimate of drug-likeness (QED) is 0.743. The molecule has 0 aromatic carbocycles. The van der Waals surface area contributed by atoms with Gasteiger partial charge in [-0.15, -0.1) is 11.8 Å². The lowest BCUT2D eigenvalue weighted by Gasteiger charge is -2.42. The Hall–Kier alpha value is -0.160. The van der Waals surface area contributed by atoms with Gasteiger partial charge in [-0.05, 0) is 34.1 Å². The zero-order valence-corrected chi connectivity index (χ0v) is 13.3. The molecule has 5 heteroatoms. The van der Waals surface area contributed by atoms with Crippen LogP contribution in [0.15, 0.2) is 0 Å². The molecule has 0 aromatic heterocycles. The highest BCUT2D eigenvalue weighted by Gasteiger charge is 2.56. The second kappa shape index (κ2) is 4.44. The molecule has 102 valence electrons. The maximum Gasteiger partial charge on any atom is 0.225 e. The van der Waals surface area contributed by atoms with Crippen LogP contribution in [0.4, 0.5) is 0 Å². The molecule has 2 saturated heterocycles. The molecule has 2 unspecified atom stereocenters. The Bertz CT molecular complexity index is 392. The molecule has 0 saturated carbocycles. The average Bonchev–Trinajstić information content (AvgIpc) is 2.30. The van der Waals surface area contributed by atoms with E-state index in [-0.39, 0.29) is 31.9 Å². The molecule has 0 aliphatic carbocycles. The molecule has 1 amide bonds. The zero-order valence-electron chi connectivity index (χ0n) is 11.6. The number of nitrogens with zero attached hydrogens (tertiary/aromatic N) is 1. The van der Waals surface area contributed by atoms with E-state index in [1.54, 1.807) is 6.92 Å². The number of fused-ring (bicyclic) bond motifs is 1. The Balaban J connectivity index is 2.24. The van der Waals surface area contributed by atoms with Crippen molar-refractivity contribution in [3.63, 3.8) is 0 Å². The molecule has 2 aliphatic heterocycles. The fraction of sp³-hybridized carbons (Fsp3) is 0.846. The molecule has 2 aliphatic rings. The van der Waals surface area contributed by atoms with Crippen molar-refractivity contribution < 1.29 is 9.59 Å². The lowest BCUT2D eigenvalue weighted by molar-refractivity contribution is -0.138. The molecule has 2 rings (SSSR count). The molecule has 18 heavy (non-hydrogen) atoms. The topological polar surface area (TPSA) is 37.4 Å². The maximum atomic E-state index is 12.4. The lowest BCUT2D eigenvalue weighted by Crippen LogP contribution is -2.54. The third-order valence-electron chi connectivity index (χ3n) is 3.70. The van der Waals surface area contributed by atoms with Gasteiger partial charge in [-0.3, -0.25) is 9.59 Å². The van der Waals surface area contributed by atoms with Crippen LogP contribution in [0.1, 0.15) is 47.5 Å². The number of hydrogen-bond donors (Lipinski definition) is 0. The fourth-order valence-corrected chi connectivity index (χ4v) is 6.19. The molecule has 2 atom stereocenters. The number of carbonyl (C=O) groups excluding carboxylic acids is 2. The van der Waals surface area contributed by atoms with E-state index in [0.717, 1.165) is 6.42 Å². The van der Waals surface area contributed by atoms with Crippen LogP contribution in [0.3, 0.4) is 0 Å². The summed E-state index contributed by atoms with van der Waals surface area (Å²) in [5.74, 6) is 0.202. The molecule has 0 radical (unpaired) electrons. The summed E-state index contributed by atoms with van der Waals surface area (Å²) in [4.78, 5) is 25.5. The standard InChI is InChI=1S/C13H21NO2S2/c1-8(15)17-9-6-10-12(2,3)18-13(4,5)14(10)11(16)7-9/h9-10H,6-7H2,1-5H3. The molecule has 0 spiro atoms. The predicted octanol–water partition coefficient (Wildman–Crippen LogP) is 2.89. The Morgan fingerprint density at radius 1 is 1.39 bits per heavy atom. The van der Waals surface area contributed by atoms with E-state index >= 15 is 0 Å². The summed E-state index contributed by atoms with van der Waals surface area (Å²) in [6.45, 7) is 10.2. The molecular formula is C13H21NO2S2. The Morgan fingerprint density at radius 2 is 2.00 bits per heavy atom. The van der Waals surface area contributed by atoms with Gasteiger partial charge in [-0.1, -0.05) is 11.8 Å². The van der Waals surface area contributed by atoms with Crippen molar-refractivity contribution in [2.75, 3.05) is 0 Å². The predicted molar refractivity (Wildman–Crippen MR) is 77.7 cm³/mol. The van der Waals surface area contributed by atoms with Crippen LogP contribution in [0.25, 0.3) is 0 Å². The SMILES string of the molecule is CC(=O)SC1CC(=O)N2C(C1)C(C)(C)SC2(C)C. The molecule has 2 heterocycles. The molecule has 0 aromatic rings. The summed E-state index contributed by atoms with van der Waals surface area (Å²) in [5.41, 5.74) is 0. The van der Waals surface area contributed by atoms with Crippen LogP contribution >= 0.6 is 23.5 Å². The van der Waals surface area contributed by atoms with E-state index in [1.165, 1.54) is 11.8 Å². The van der Waals surface area contributed by atoms with E-state index in [9.17, 15) is 9.59 Å². The van der Waals surface area contributed by atoms with Crippen LogP contribution in [-0.2, 0) is 9.59 Å². The largest absolute Gasteiger partial charge is 0.324 e. The highest BCUT2D eigenvalue weighted by Crippen LogP contribution is 2.54. The molecule has 0 N–H and O–H groups in total. The molecule has 3 nitrogen and oxygen atoms in total. The van der Waals surface area contributed by atoms with Gasteiger partial charge in [0.15, 0.2) is 5.12 Å². The number of carbonyl (C=O) groups is 2. The Labute approximate surface area is 117 Å². The third-order valence-corrected chi connectivity index (χ3v) is 6.22. The first-order valence-electron chi connectivity index (χ1n) is 6.33. The maximum absolute atomic E-state index is 12.4. The van der Waals surface area contributed by atoms with Crippen molar-refractivity contribution in [2.45, 2.75) is 68.4 Å². The molecule has 2 fully saturated rings. The van der Waals surface area contributed by atoms with E-state index in [0.29, 0.717) is 6.42 Å². The van der Waals surface area contributed by atoms with Gasteiger partial charge in [0.25, 0.3) is 0 Å². The Morgan fingerprint density at radius 3 is 2.56 bits per heavy atom. The van der Waals surface area contributed by atoms with Crippen molar-refractivity contribution >= 4 is 34.5 Å². The molecular weight excluding hydrogens is 266 g/mol. The first-order valence-corrected chi connectivity index (χ1v) is 8.02. The van der Waals surface area contributed by atoms with Gasteiger partial charge in [0.1, 0.15) is 0 Å². The summed E-state index contributed by atoms with van der Waals surface area (Å²) in [6.07, 6.45) is 1.43. The van der Waals surface area contributed by atoms with Gasteiger partial charge in [0.05, 0.1) is 4.87 Å². The van der Waals surface area contributed by atoms with Crippen molar-refractivity contribution in [1.29, 1.82) is 0 Å². The van der Waals surface area contributed by atoms with E-state index < -0.39 is 0 Å². The van der Waals surface area contributed by atoms with Crippen molar-refractivity contribution in [1.82, 2.24) is 4.90 Å². The van der Waals surface area contributed by atoms with Crippen LogP contribution in [0.2, 0.25) is 0 Å². The average molecular weight is 287 g/mol. The van der Waals surface area contributed by atoms with Gasteiger partial charge in [0, 0.05) is 29.4 Å². The van der Waals surface area contributed by atoms with Crippen LogP contribution < -0.4 is 0 Å². The van der Waals surface area contributed by atoms with Crippen LogP contribution in [0, 0.1) is 0 Å². The molecule has 0 bridgehead atoms. The summed E-state index contributed by atoms with van der Waals surface area (Å²) < 4.78 is 0.0647. The summed E-state index contributed by atoms with van der Waals surface area (Å²) in [6, 6.07) is 0.246. The minimum absolute atomic E-state index is 0.0647. The van der Waals surface area contributed by atoms with Gasteiger partial charge < -0.3 is 4.90 Å². The minimum atomic E-state index is -0.128. The second-order valence-corrected chi connectivity index (χ2v) is 9.84. The normalized spacial score (nSPS) is 33.4. The smallest absolute Gasteiger partial charge is 0.225 e. The van der Waals surface area contributed by atoms with Crippen molar-refractivity contribution in [3.05, 3.63) is 0 Å². The number of piperidine rings is 1. The van der Waals surface area contributed by atoms with Gasteiger partial charge in [-0.2, -0.15) is 0 Å². The first-order chi connectivity index (χ1) is 8.13. The minimum Gasteiger partial charge on any atom is -0.324 e. The number of thioether (sulfide) groups is 2. The number of amides is 1. The van der Waals surface area contributed by atoms with Gasteiger partial charge in [0.2, 0.25) is 5.91 Å². The third kappa shape index (κ3) is 2.44. The number of hydrogen-bond acceptors (Lipinski definition) is 4. The van der Waals surface area contributed by atoms with E-state index in [4.69, 9.17) is 0 Å². The number of rotatable bonds is 1. The Kier molecular flexibility index (Phi) is 3.52. The monoisotopic (exact) mass is 287 g/mol. The highest BCUT2D eigenvalue weighted by molar-refractivity contribution is 8.14. The zero-order chi connectivity index (χ0) is 13.7. The second-order valence-electron chi connectivity index (χ2n) is 6.10. The fourth-order valence-electron chi connectivity index (χ4n) is 3.26. The highest BCUT2D eigenvalue weighted by atomic mass is 32.2. The van der Waals surface area contributed by atoms with Crippen LogP contribution in [-0.4, -0.2) is 36.8 Å². The van der Waals surface area contributed by atoms with Crippen molar-refractivity contribution in [3.8, 4) is 0 Å². The van der Waals surface area contributed by atoms with Gasteiger partial charge >= 0.3 is 0 Å².